The number of hydrogen-bond donors (Lipinski definition) is 2. The van der Waals surface area contributed by atoms with Gasteiger partial charge in [-0.3, -0.25) is 4.79 Å². The molecule has 0 heterocycles. The maximum absolute atomic E-state index is 12.2. The molecule has 2 rings (SSSR count). The first-order chi connectivity index (χ1) is 13.0. The molecule has 0 unspecified atom stereocenters. The maximum Gasteiger partial charge on any atom is 0.243 e. The summed E-state index contributed by atoms with van der Waals surface area (Å²) in [5.41, 5.74) is 5.34. The summed E-state index contributed by atoms with van der Waals surface area (Å²) in [6, 6.07) is 11.8. The highest BCUT2D eigenvalue weighted by molar-refractivity contribution is 5.94. The third-order valence-electron chi connectivity index (χ3n) is 4.51. The van der Waals surface area contributed by atoms with Crippen LogP contribution in [0.2, 0.25) is 0 Å². The monoisotopic (exact) mass is 368 g/mol. The lowest BCUT2D eigenvalue weighted by molar-refractivity contribution is -0.114. The van der Waals surface area contributed by atoms with Crippen LogP contribution in [-0.4, -0.2) is 19.1 Å². The number of carbonyl (C=O) groups excluding carboxylic acids is 1. The lowest BCUT2D eigenvalue weighted by Crippen LogP contribution is -2.22. The number of unbranched alkanes of at least 4 members (excludes halogenated alkanes) is 3. The quantitative estimate of drug-likeness (QED) is 0.535. The van der Waals surface area contributed by atoms with Crippen molar-refractivity contribution >= 4 is 17.3 Å². The van der Waals surface area contributed by atoms with Crippen molar-refractivity contribution in [1.82, 2.24) is 0 Å². The average Bonchev–Trinajstić information content (AvgIpc) is 2.62. The van der Waals surface area contributed by atoms with Gasteiger partial charge in [0.2, 0.25) is 5.91 Å². The van der Waals surface area contributed by atoms with Crippen molar-refractivity contribution in [1.29, 1.82) is 0 Å². The van der Waals surface area contributed by atoms with Crippen molar-refractivity contribution in [2.75, 3.05) is 23.8 Å². The van der Waals surface area contributed by atoms with Gasteiger partial charge in [-0.15, -0.1) is 0 Å². The molecule has 0 spiro atoms. The molecule has 2 aromatic rings. The van der Waals surface area contributed by atoms with E-state index in [4.69, 9.17) is 4.74 Å². The highest BCUT2D eigenvalue weighted by Gasteiger charge is 2.07. The third kappa shape index (κ3) is 6.97. The number of ether oxygens (including phenoxy) is 1. The Morgan fingerprint density at radius 1 is 0.963 bits per heavy atom. The van der Waals surface area contributed by atoms with Crippen LogP contribution in [0, 0.1) is 20.8 Å². The zero-order valence-electron chi connectivity index (χ0n) is 17.0. The Kier molecular flexibility index (Phi) is 8.18. The second kappa shape index (κ2) is 10.6. The second-order valence-electron chi connectivity index (χ2n) is 7.11. The van der Waals surface area contributed by atoms with Crippen molar-refractivity contribution in [3.05, 3.63) is 53.1 Å². The van der Waals surface area contributed by atoms with Crippen LogP contribution < -0.4 is 15.4 Å². The van der Waals surface area contributed by atoms with Gasteiger partial charge in [0, 0.05) is 11.4 Å². The SMILES string of the molecule is CCCCCCOc1ccc(NC(=O)CNc2c(C)cc(C)cc2C)cc1. The van der Waals surface area contributed by atoms with Crippen molar-refractivity contribution in [3.63, 3.8) is 0 Å². The Hall–Kier alpha value is -2.49. The van der Waals surface area contributed by atoms with E-state index in [2.05, 4.69) is 50.5 Å². The summed E-state index contributed by atoms with van der Waals surface area (Å²) in [6.07, 6.45) is 4.77. The molecule has 0 atom stereocenters. The molecule has 146 valence electrons. The molecule has 0 saturated heterocycles. The van der Waals surface area contributed by atoms with Crippen LogP contribution in [-0.2, 0) is 4.79 Å². The van der Waals surface area contributed by atoms with E-state index >= 15 is 0 Å². The Morgan fingerprint density at radius 2 is 1.63 bits per heavy atom. The lowest BCUT2D eigenvalue weighted by atomic mass is 10.1. The molecule has 0 saturated carbocycles. The normalized spacial score (nSPS) is 10.5. The van der Waals surface area contributed by atoms with E-state index in [0.717, 1.165) is 41.3 Å². The molecule has 0 aliphatic rings. The molecule has 0 aliphatic heterocycles. The minimum Gasteiger partial charge on any atom is -0.494 e. The second-order valence-corrected chi connectivity index (χ2v) is 7.11. The van der Waals surface area contributed by atoms with Gasteiger partial charge in [0.05, 0.1) is 13.2 Å². The summed E-state index contributed by atoms with van der Waals surface area (Å²) in [7, 11) is 0. The Bertz CT molecular complexity index is 716. The standard InChI is InChI=1S/C23H32N2O2/c1-5-6-7-8-13-27-21-11-9-20(10-12-21)25-22(26)16-24-23-18(3)14-17(2)15-19(23)4/h9-12,14-15,24H,5-8,13,16H2,1-4H3,(H,25,26). The number of rotatable bonds is 10. The molecule has 4 heteroatoms. The van der Waals surface area contributed by atoms with Gasteiger partial charge >= 0.3 is 0 Å². The van der Waals surface area contributed by atoms with Gasteiger partial charge in [-0.1, -0.05) is 43.9 Å². The van der Waals surface area contributed by atoms with Crippen LogP contribution in [0.15, 0.2) is 36.4 Å². The molecular weight excluding hydrogens is 336 g/mol. The maximum atomic E-state index is 12.2. The van der Waals surface area contributed by atoms with E-state index in [-0.39, 0.29) is 12.5 Å². The molecule has 0 radical (unpaired) electrons. The number of amides is 1. The predicted octanol–water partition coefficient (Wildman–Crippen LogP) is 5.62. The molecule has 0 bridgehead atoms. The first-order valence-corrected chi connectivity index (χ1v) is 9.84. The largest absolute Gasteiger partial charge is 0.494 e. The molecule has 2 aromatic carbocycles. The number of hydrogen-bond acceptors (Lipinski definition) is 3. The Morgan fingerprint density at radius 3 is 2.26 bits per heavy atom. The number of anilines is 2. The van der Waals surface area contributed by atoms with Crippen LogP contribution >= 0.6 is 0 Å². The minimum atomic E-state index is -0.0670. The fourth-order valence-electron chi connectivity index (χ4n) is 3.19. The van der Waals surface area contributed by atoms with Crippen molar-refractivity contribution in [3.8, 4) is 5.75 Å². The lowest BCUT2D eigenvalue weighted by Gasteiger charge is -2.14. The summed E-state index contributed by atoms with van der Waals surface area (Å²) >= 11 is 0. The van der Waals surface area contributed by atoms with E-state index in [9.17, 15) is 4.79 Å². The highest BCUT2D eigenvalue weighted by Crippen LogP contribution is 2.22. The fraction of sp³-hybridized carbons (Fsp3) is 0.435. The average molecular weight is 369 g/mol. The van der Waals surface area contributed by atoms with Crippen molar-refractivity contribution < 1.29 is 9.53 Å². The van der Waals surface area contributed by atoms with E-state index in [1.54, 1.807) is 0 Å². The highest BCUT2D eigenvalue weighted by atomic mass is 16.5. The van der Waals surface area contributed by atoms with Gasteiger partial charge in [0.15, 0.2) is 0 Å². The van der Waals surface area contributed by atoms with Crippen molar-refractivity contribution in [2.45, 2.75) is 53.4 Å². The van der Waals surface area contributed by atoms with E-state index in [1.807, 2.05) is 24.3 Å². The summed E-state index contributed by atoms with van der Waals surface area (Å²) in [4.78, 5) is 12.2. The van der Waals surface area contributed by atoms with E-state index < -0.39 is 0 Å². The summed E-state index contributed by atoms with van der Waals surface area (Å²) in [5, 5.41) is 6.16. The molecule has 1 amide bonds. The Balaban J connectivity index is 1.79. The number of benzene rings is 2. The van der Waals surface area contributed by atoms with Gasteiger partial charge in [0.25, 0.3) is 0 Å². The molecule has 0 aliphatic carbocycles. The molecular formula is C23H32N2O2. The molecule has 2 N–H and O–H groups in total. The van der Waals surface area contributed by atoms with Crippen LogP contribution in [0.3, 0.4) is 0 Å². The van der Waals surface area contributed by atoms with Gasteiger partial charge in [-0.25, -0.2) is 0 Å². The van der Waals surface area contributed by atoms with E-state index in [1.165, 1.54) is 24.8 Å². The molecule has 27 heavy (non-hydrogen) atoms. The molecule has 4 nitrogen and oxygen atoms in total. The predicted molar refractivity (Wildman–Crippen MR) is 114 cm³/mol. The van der Waals surface area contributed by atoms with Gasteiger partial charge < -0.3 is 15.4 Å². The molecule has 0 aromatic heterocycles. The minimum absolute atomic E-state index is 0.0670. The van der Waals surface area contributed by atoms with Gasteiger partial charge in [-0.05, 0) is 62.6 Å². The summed E-state index contributed by atoms with van der Waals surface area (Å²) in [5.74, 6) is 0.774. The smallest absolute Gasteiger partial charge is 0.243 e. The number of nitrogens with one attached hydrogen (secondary N) is 2. The van der Waals surface area contributed by atoms with Gasteiger partial charge in [-0.2, -0.15) is 0 Å². The zero-order valence-corrected chi connectivity index (χ0v) is 17.0. The number of carbonyl (C=O) groups is 1. The summed E-state index contributed by atoms with van der Waals surface area (Å²) in [6.45, 7) is 9.37. The summed E-state index contributed by atoms with van der Waals surface area (Å²) < 4.78 is 5.73. The van der Waals surface area contributed by atoms with Crippen LogP contribution in [0.4, 0.5) is 11.4 Å². The van der Waals surface area contributed by atoms with Crippen molar-refractivity contribution in [2.24, 2.45) is 0 Å². The van der Waals surface area contributed by atoms with Gasteiger partial charge in [0.1, 0.15) is 5.75 Å². The first kappa shape index (κ1) is 20.8. The van der Waals surface area contributed by atoms with Crippen LogP contribution in [0.1, 0.15) is 49.3 Å². The molecule has 0 fully saturated rings. The fourth-order valence-corrected chi connectivity index (χ4v) is 3.19. The van der Waals surface area contributed by atoms with Crippen LogP contribution in [0.5, 0.6) is 5.75 Å². The topological polar surface area (TPSA) is 50.4 Å². The Labute approximate surface area is 163 Å². The van der Waals surface area contributed by atoms with E-state index in [0.29, 0.717) is 0 Å². The third-order valence-corrected chi connectivity index (χ3v) is 4.51. The zero-order chi connectivity index (χ0) is 19.6. The number of aryl methyl sites for hydroxylation is 3. The first-order valence-electron chi connectivity index (χ1n) is 9.84. The van der Waals surface area contributed by atoms with Crippen LogP contribution in [0.25, 0.3) is 0 Å².